The molecule has 0 radical (unpaired) electrons. The van der Waals surface area contributed by atoms with Crippen molar-refractivity contribution in [3.8, 4) is 28.4 Å². The highest BCUT2D eigenvalue weighted by Crippen LogP contribution is 2.35. The number of ether oxygens (including phenoxy) is 2. The van der Waals surface area contributed by atoms with Gasteiger partial charge in [-0.3, -0.25) is 4.40 Å². The zero-order chi connectivity index (χ0) is 30.9. The second-order valence-corrected chi connectivity index (χ2v) is 11.2. The summed E-state index contributed by atoms with van der Waals surface area (Å²) in [5.41, 5.74) is 9.20. The van der Waals surface area contributed by atoms with E-state index >= 15 is 0 Å². The molecule has 1 saturated heterocycles. The summed E-state index contributed by atoms with van der Waals surface area (Å²) in [6.07, 6.45) is 4.51. The third kappa shape index (κ3) is 5.39. The summed E-state index contributed by atoms with van der Waals surface area (Å²) in [5, 5.41) is 3.38. The Kier molecular flexibility index (Phi) is 7.24. The SMILES string of the molecule is COc1cc(N2CCOCC2)ccc1Nc1nccc(-c2c(-c3ccc4nc(Cc5ccccc5)[nH]c4c3)nc3ccccn23)n1. The number of pyridine rings is 1. The standard InChI is InChI=1S/C36H32N8O2/c1-45-31-23-26(43-17-19-46-20-18-43)11-13-28(31)40-36-37-15-14-29(41-36)35-34(42-33-9-5-6-16-44(33)35)25-10-12-27-30(22-25)39-32(38-27)21-24-7-3-2-4-8-24/h2-16,22-23H,17-21H2,1H3,(H,38,39)(H,37,40,41). The molecule has 1 aliphatic heterocycles. The molecule has 5 heterocycles. The molecule has 4 aromatic heterocycles. The molecule has 8 rings (SSSR count). The second-order valence-electron chi connectivity index (χ2n) is 11.2. The van der Waals surface area contributed by atoms with Crippen LogP contribution < -0.4 is 15.0 Å². The number of H-pyrrole nitrogens is 1. The highest BCUT2D eigenvalue weighted by Gasteiger charge is 2.20. The maximum absolute atomic E-state index is 5.76. The molecular formula is C36H32N8O2. The third-order valence-corrected chi connectivity index (χ3v) is 8.25. The Balaban J connectivity index is 1.14. The van der Waals surface area contributed by atoms with E-state index in [9.17, 15) is 0 Å². The van der Waals surface area contributed by atoms with Crippen LogP contribution in [-0.2, 0) is 11.2 Å². The number of nitrogens with zero attached hydrogens (tertiary/aromatic N) is 6. The van der Waals surface area contributed by atoms with E-state index in [2.05, 4.69) is 54.9 Å². The number of anilines is 3. The van der Waals surface area contributed by atoms with Gasteiger partial charge in [-0.15, -0.1) is 0 Å². The topological polar surface area (TPSA) is 105 Å². The monoisotopic (exact) mass is 608 g/mol. The van der Waals surface area contributed by atoms with Crippen LogP contribution >= 0.6 is 0 Å². The second kappa shape index (κ2) is 12.0. The molecule has 7 aromatic rings. The quantitative estimate of drug-likeness (QED) is 0.201. The van der Waals surface area contributed by atoms with E-state index in [-0.39, 0.29) is 0 Å². The number of nitrogens with one attached hydrogen (secondary N) is 2. The Hall–Kier alpha value is -5.74. The lowest BCUT2D eigenvalue weighted by Gasteiger charge is -2.29. The van der Waals surface area contributed by atoms with Crippen LogP contribution in [0.5, 0.6) is 5.75 Å². The van der Waals surface area contributed by atoms with Gasteiger partial charge in [-0.1, -0.05) is 42.5 Å². The lowest BCUT2D eigenvalue weighted by atomic mass is 10.1. The number of aromatic nitrogens is 6. The first kappa shape index (κ1) is 27.8. The van der Waals surface area contributed by atoms with Crippen molar-refractivity contribution in [3.63, 3.8) is 0 Å². The van der Waals surface area contributed by atoms with Gasteiger partial charge in [0.25, 0.3) is 0 Å². The number of fused-ring (bicyclic) bond motifs is 2. The van der Waals surface area contributed by atoms with Crippen LogP contribution in [0.4, 0.5) is 17.3 Å². The molecule has 2 N–H and O–H groups in total. The normalized spacial score (nSPS) is 13.4. The van der Waals surface area contributed by atoms with E-state index in [0.29, 0.717) is 11.7 Å². The fourth-order valence-corrected chi connectivity index (χ4v) is 6.00. The average molecular weight is 609 g/mol. The Morgan fingerprint density at radius 3 is 2.63 bits per heavy atom. The maximum Gasteiger partial charge on any atom is 0.227 e. The minimum Gasteiger partial charge on any atom is -0.494 e. The number of rotatable bonds is 8. The van der Waals surface area contributed by atoms with Crippen LogP contribution in [0.2, 0.25) is 0 Å². The van der Waals surface area contributed by atoms with Gasteiger partial charge in [-0.2, -0.15) is 0 Å². The van der Waals surface area contributed by atoms with Gasteiger partial charge < -0.3 is 24.7 Å². The number of aromatic amines is 1. The van der Waals surface area contributed by atoms with E-state index < -0.39 is 0 Å². The van der Waals surface area contributed by atoms with E-state index in [1.165, 1.54) is 5.56 Å². The molecule has 3 aromatic carbocycles. The van der Waals surface area contributed by atoms with Crippen molar-refractivity contribution >= 4 is 34.0 Å². The number of benzene rings is 3. The van der Waals surface area contributed by atoms with Crippen LogP contribution in [-0.4, -0.2) is 62.7 Å². The van der Waals surface area contributed by atoms with Crippen molar-refractivity contribution < 1.29 is 9.47 Å². The maximum atomic E-state index is 5.76. The summed E-state index contributed by atoms with van der Waals surface area (Å²) in [5.74, 6) is 2.10. The largest absolute Gasteiger partial charge is 0.494 e. The van der Waals surface area contributed by atoms with Gasteiger partial charge in [0, 0.05) is 49.2 Å². The van der Waals surface area contributed by atoms with E-state index in [4.69, 9.17) is 24.4 Å². The zero-order valence-electron chi connectivity index (χ0n) is 25.4. The zero-order valence-corrected chi connectivity index (χ0v) is 25.4. The molecule has 228 valence electrons. The molecule has 10 nitrogen and oxygen atoms in total. The lowest BCUT2D eigenvalue weighted by molar-refractivity contribution is 0.122. The van der Waals surface area contributed by atoms with Gasteiger partial charge in [-0.25, -0.2) is 19.9 Å². The summed E-state index contributed by atoms with van der Waals surface area (Å²) < 4.78 is 13.3. The van der Waals surface area contributed by atoms with E-state index in [0.717, 1.165) is 89.2 Å². The first-order valence-corrected chi connectivity index (χ1v) is 15.3. The molecule has 0 atom stereocenters. The molecule has 1 aliphatic rings. The molecule has 0 unspecified atom stereocenters. The van der Waals surface area contributed by atoms with Gasteiger partial charge in [-0.05, 0) is 48.0 Å². The van der Waals surface area contributed by atoms with Crippen molar-refractivity contribution in [2.24, 2.45) is 0 Å². The van der Waals surface area contributed by atoms with Crippen LogP contribution in [0.15, 0.2) is 103 Å². The minimum absolute atomic E-state index is 0.460. The number of hydrogen-bond donors (Lipinski definition) is 2. The fourth-order valence-electron chi connectivity index (χ4n) is 6.00. The Labute approximate surface area is 265 Å². The van der Waals surface area contributed by atoms with Crippen LogP contribution in [0, 0.1) is 0 Å². The number of hydrogen-bond acceptors (Lipinski definition) is 8. The number of morpholine rings is 1. The van der Waals surface area contributed by atoms with E-state index in [1.54, 1.807) is 13.3 Å². The van der Waals surface area contributed by atoms with E-state index in [1.807, 2.05) is 66.9 Å². The third-order valence-electron chi connectivity index (χ3n) is 8.25. The van der Waals surface area contributed by atoms with Gasteiger partial charge in [0.05, 0.1) is 54.1 Å². The fraction of sp³-hybridized carbons (Fsp3) is 0.167. The van der Waals surface area contributed by atoms with Crippen molar-refractivity contribution in [2.75, 3.05) is 43.6 Å². The van der Waals surface area contributed by atoms with Crippen molar-refractivity contribution in [1.82, 2.24) is 29.3 Å². The highest BCUT2D eigenvalue weighted by atomic mass is 16.5. The van der Waals surface area contributed by atoms with Crippen molar-refractivity contribution in [3.05, 3.63) is 115 Å². The van der Waals surface area contributed by atoms with Gasteiger partial charge in [0.15, 0.2) is 0 Å². The predicted molar refractivity (Wildman–Crippen MR) is 180 cm³/mol. The number of methoxy groups -OCH3 is 1. The molecule has 46 heavy (non-hydrogen) atoms. The lowest BCUT2D eigenvalue weighted by Crippen LogP contribution is -2.36. The first-order valence-electron chi connectivity index (χ1n) is 15.3. The summed E-state index contributed by atoms with van der Waals surface area (Å²) in [4.78, 5) is 25.2. The summed E-state index contributed by atoms with van der Waals surface area (Å²) in [6, 6.07) is 30.6. The van der Waals surface area contributed by atoms with Gasteiger partial charge in [0.1, 0.15) is 17.2 Å². The van der Waals surface area contributed by atoms with Gasteiger partial charge >= 0.3 is 0 Å². The Morgan fingerprint density at radius 2 is 1.76 bits per heavy atom. The Morgan fingerprint density at radius 1 is 0.891 bits per heavy atom. The van der Waals surface area contributed by atoms with Gasteiger partial charge in [0.2, 0.25) is 5.95 Å². The molecule has 1 fully saturated rings. The van der Waals surface area contributed by atoms with Crippen LogP contribution in [0.25, 0.3) is 39.3 Å². The highest BCUT2D eigenvalue weighted by molar-refractivity contribution is 5.87. The van der Waals surface area contributed by atoms with Crippen molar-refractivity contribution in [1.29, 1.82) is 0 Å². The van der Waals surface area contributed by atoms with Crippen LogP contribution in [0.1, 0.15) is 11.4 Å². The predicted octanol–water partition coefficient (Wildman–Crippen LogP) is 6.51. The molecule has 0 amide bonds. The molecule has 0 aliphatic carbocycles. The molecule has 0 saturated carbocycles. The molecule has 10 heteroatoms. The van der Waals surface area contributed by atoms with Crippen molar-refractivity contribution in [2.45, 2.75) is 6.42 Å². The molecule has 0 spiro atoms. The molecule has 0 bridgehead atoms. The summed E-state index contributed by atoms with van der Waals surface area (Å²) in [7, 11) is 1.67. The Bertz CT molecular complexity index is 2150. The summed E-state index contributed by atoms with van der Waals surface area (Å²) >= 11 is 0. The van der Waals surface area contributed by atoms with Crippen LogP contribution in [0.3, 0.4) is 0 Å². The first-order chi connectivity index (χ1) is 22.7. The molecular weight excluding hydrogens is 576 g/mol. The average Bonchev–Trinajstić information content (AvgIpc) is 3.70. The summed E-state index contributed by atoms with van der Waals surface area (Å²) in [6.45, 7) is 3.15. The minimum atomic E-state index is 0.460. The smallest absolute Gasteiger partial charge is 0.227 e. The number of imidazole rings is 2.